The molecule has 0 radical (unpaired) electrons. The Bertz CT molecular complexity index is 273. The van der Waals surface area contributed by atoms with Gasteiger partial charge in [0.15, 0.2) is 11.6 Å². The van der Waals surface area contributed by atoms with E-state index in [0.717, 1.165) is 10.0 Å². The summed E-state index contributed by atoms with van der Waals surface area (Å²) in [4.78, 5) is 0. The molecule has 0 aromatic heterocycles. The van der Waals surface area contributed by atoms with Crippen LogP contribution in [-0.4, -0.2) is 7.11 Å². The highest BCUT2D eigenvalue weighted by Crippen LogP contribution is 2.28. The van der Waals surface area contributed by atoms with E-state index in [4.69, 9.17) is 4.74 Å². The quantitative estimate of drug-likeness (QED) is 0.705. The van der Waals surface area contributed by atoms with Gasteiger partial charge in [-0.05, 0) is 19.1 Å². The summed E-state index contributed by atoms with van der Waals surface area (Å²) in [5, 5.41) is 0. The van der Waals surface area contributed by atoms with Crippen molar-refractivity contribution in [3.8, 4) is 5.75 Å². The molecule has 0 aliphatic rings. The Kier molecular flexibility index (Phi) is 2.49. The molecule has 60 valence electrons. The van der Waals surface area contributed by atoms with Gasteiger partial charge in [-0.15, -0.1) is 0 Å². The number of ether oxygens (including phenoxy) is 1. The monoisotopic (exact) mass is 218 g/mol. The molecule has 0 N–H and O–H groups in total. The molecule has 0 atom stereocenters. The van der Waals surface area contributed by atoms with Gasteiger partial charge in [-0.2, -0.15) is 0 Å². The third-order valence-corrected chi connectivity index (χ3v) is 2.35. The van der Waals surface area contributed by atoms with Crippen LogP contribution in [0.5, 0.6) is 5.75 Å². The Morgan fingerprint density at radius 3 is 2.55 bits per heavy atom. The van der Waals surface area contributed by atoms with Crippen molar-refractivity contribution in [2.24, 2.45) is 0 Å². The Morgan fingerprint density at radius 2 is 2.09 bits per heavy atom. The van der Waals surface area contributed by atoms with Crippen LogP contribution < -0.4 is 4.74 Å². The minimum absolute atomic E-state index is 0.305. The summed E-state index contributed by atoms with van der Waals surface area (Å²) < 4.78 is 18.6. The van der Waals surface area contributed by atoms with Crippen molar-refractivity contribution in [2.45, 2.75) is 6.92 Å². The van der Waals surface area contributed by atoms with E-state index in [0.29, 0.717) is 5.75 Å². The first-order chi connectivity index (χ1) is 5.16. The van der Waals surface area contributed by atoms with Gasteiger partial charge in [0.25, 0.3) is 0 Å². The van der Waals surface area contributed by atoms with E-state index < -0.39 is 0 Å². The standard InChI is InChI=1S/C8H8BrFO/c1-5-6(9)3-4-7(10)8(5)11-2/h3-4H,1-2H3. The third kappa shape index (κ3) is 1.53. The van der Waals surface area contributed by atoms with Gasteiger partial charge in [0.1, 0.15) is 0 Å². The Morgan fingerprint density at radius 1 is 1.45 bits per heavy atom. The van der Waals surface area contributed by atoms with Crippen molar-refractivity contribution >= 4 is 15.9 Å². The van der Waals surface area contributed by atoms with Crippen molar-refractivity contribution in [2.75, 3.05) is 7.11 Å². The summed E-state index contributed by atoms with van der Waals surface area (Å²) in [6.07, 6.45) is 0. The summed E-state index contributed by atoms with van der Waals surface area (Å²) in [6.45, 7) is 1.80. The molecule has 0 fully saturated rings. The highest BCUT2D eigenvalue weighted by molar-refractivity contribution is 9.10. The topological polar surface area (TPSA) is 9.23 Å². The van der Waals surface area contributed by atoms with Gasteiger partial charge in [-0.1, -0.05) is 15.9 Å². The van der Waals surface area contributed by atoms with Gasteiger partial charge < -0.3 is 4.74 Å². The zero-order valence-electron chi connectivity index (χ0n) is 6.32. The van der Waals surface area contributed by atoms with E-state index in [1.807, 2.05) is 0 Å². The van der Waals surface area contributed by atoms with Gasteiger partial charge in [0.05, 0.1) is 7.11 Å². The maximum absolute atomic E-state index is 12.9. The smallest absolute Gasteiger partial charge is 0.165 e. The summed E-state index contributed by atoms with van der Waals surface area (Å²) >= 11 is 3.27. The van der Waals surface area contributed by atoms with E-state index in [2.05, 4.69) is 15.9 Å². The average molecular weight is 219 g/mol. The van der Waals surface area contributed by atoms with Gasteiger partial charge in [0.2, 0.25) is 0 Å². The van der Waals surface area contributed by atoms with E-state index >= 15 is 0 Å². The first kappa shape index (κ1) is 8.53. The summed E-state index contributed by atoms with van der Waals surface area (Å²) in [5.41, 5.74) is 0.785. The summed E-state index contributed by atoms with van der Waals surface area (Å²) in [7, 11) is 1.46. The molecule has 1 aromatic rings. The van der Waals surface area contributed by atoms with E-state index in [1.54, 1.807) is 13.0 Å². The van der Waals surface area contributed by atoms with E-state index in [1.165, 1.54) is 13.2 Å². The van der Waals surface area contributed by atoms with Gasteiger partial charge >= 0.3 is 0 Å². The fraction of sp³-hybridized carbons (Fsp3) is 0.250. The lowest BCUT2D eigenvalue weighted by atomic mass is 10.2. The molecular formula is C8H8BrFO. The van der Waals surface area contributed by atoms with Crippen LogP contribution in [0.3, 0.4) is 0 Å². The van der Waals surface area contributed by atoms with Crippen LogP contribution in [-0.2, 0) is 0 Å². The lowest BCUT2D eigenvalue weighted by molar-refractivity contribution is 0.383. The Labute approximate surface area is 73.3 Å². The number of halogens is 2. The molecule has 3 heteroatoms. The molecule has 1 rings (SSSR count). The van der Waals surface area contributed by atoms with E-state index in [9.17, 15) is 4.39 Å². The number of hydrogen-bond acceptors (Lipinski definition) is 1. The second-order valence-corrected chi connectivity index (χ2v) is 3.04. The SMILES string of the molecule is COc1c(F)ccc(Br)c1C. The number of methoxy groups -OCH3 is 1. The fourth-order valence-electron chi connectivity index (χ4n) is 0.885. The number of benzene rings is 1. The number of hydrogen-bond donors (Lipinski definition) is 0. The molecule has 1 nitrogen and oxygen atoms in total. The molecule has 11 heavy (non-hydrogen) atoms. The molecular weight excluding hydrogens is 211 g/mol. The average Bonchev–Trinajstić information content (AvgIpc) is 1.99. The maximum Gasteiger partial charge on any atom is 0.165 e. The summed E-state index contributed by atoms with van der Waals surface area (Å²) in [5.74, 6) is -0.0208. The van der Waals surface area contributed by atoms with Crippen LogP contribution in [0.15, 0.2) is 16.6 Å². The highest BCUT2D eigenvalue weighted by Gasteiger charge is 2.07. The zero-order valence-corrected chi connectivity index (χ0v) is 7.90. The predicted molar refractivity (Wildman–Crippen MR) is 45.4 cm³/mol. The lowest BCUT2D eigenvalue weighted by Crippen LogP contribution is -1.91. The van der Waals surface area contributed by atoms with Crippen LogP contribution in [0.25, 0.3) is 0 Å². The van der Waals surface area contributed by atoms with Crippen LogP contribution in [0.4, 0.5) is 4.39 Å². The molecule has 0 amide bonds. The minimum Gasteiger partial charge on any atom is -0.493 e. The normalized spacial score (nSPS) is 9.82. The van der Waals surface area contributed by atoms with Gasteiger partial charge in [-0.25, -0.2) is 4.39 Å². The van der Waals surface area contributed by atoms with Crippen LogP contribution in [0.2, 0.25) is 0 Å². The number of rotatable bonds is 1. The fourth-order valence-corrected chi connectivity index (χ4v) is 1.20. The maximum atomic E-state index is 12.9. The highest BCUT2D eigenvalue weighted by atomic mass is 79.9. The minimum atomic E-state index is -0.326. The molecule has 1 aromatic carbocycles. The van der Waals surface area contributed by atoms with Crippen molar-refractivity contribution < 1.29 is 9.13 Å². The third-order valence-electron chi connectivity index (χ3n) is 1.50. The predicted octanol–water partition coefficient (Wildman–Crippen LogP) is 2.91. The zero-order chi connectivity index (χ0) is 8.43. The molecule has 0 saturated carbocycles. The Hall–Kier alpha value is -0.570. The van der Waals surface area contributed by atoms with Crippen molar-refractivity contribution in [1.29, 1.82) is 0 Å². The second kappa shape index (κ2) is 3.22. The molecule has 0 aliphatic heterocycles. The molecule has 0 heterocycles. The largest absolute Gasteiger partial charge is 0.493 e. The van der Waals surface area contributed by atoms with Gasteiger partial charge in [-0.3, -0.25) is 0 Å². The van der Waals surface area contributed by atoms with Crippen LogP contribution in [0.1, 0.15) is 5.56 Å². The van der Waals surface area contributed by atoms with Crippen molar-refractivity contribution in [3.05, 3.63) is 28.0 Å². The van der Waals surface area contributed by atoms with Crippen molar-refractivity contribution in [1.82, 2.24) is 0 Å². The lowest BCUT2D eigenvalue weighted by Gasteiger charge is -2.06. The van der Waals surface area contributed by atoms with E-state index in [-0.39, 0.29) is 5.82 Å². The van der Waals surface area contributed by atoms with Gasteiger partial charge in [0, 0.05) is 10.0 Å². The van der Waals surface area contributed by atoms with Crippen molar-refractivity contribution in [3.63, 3.8) is 0 Å². The molecule has 0 bridgehead atoms. The summed E-state index contributed by atoms with van der Waals surface area (Å²) in [6, 6.07) is 3.03. The first-order valence-corrected chi connectivity index (χ1v) is 3.94. The van der Waals surface area contributed by atoms with Crippen LogP contribution in [0, 0.1) is 12.7 Å². The molecule has 0 aliphatic carbocycles. The van der Waals surface area contributed by atoms with Crippen LogP contribution >= 0.6 is 15.9 Å². The molecule has 0 saturated heterocycles. The molecule has 0 unspecified atom stereocenters. The first-order valence-electron chi connectivity index (χ1n) is 3.15. The Balaban J connectivity index is 3.29. The molecule has 0 spiro atoms. The second-order valence-electron chi connectivity index (χ2n) is 2.19.